The molecule has 170 valence electrons. The summed E-state index contributed by atoms with van der Waals surface area (Å²) in [5, 5.41) is 12.4. The summed E-state index contributed by atoms with van der Waals surface area (Å²) in [5.41, 5.74) is 4.06. The molecular weight excluding hydrogens is 429 g/mol. The van der Waals surface area contributed by atoms with Crippen LogP contribution in [0.3, 0.4) is 0 Å². The van der Waals surface area contributed by atoms with E-state index in [2.05, 4.69) is 5.32 Å². The SMILES string of the molecule is O=C(O)CC[C@H](NC(=O)CNC(=O)OCC1c2ccccc2-c2ccccc21)C(F)(F)F. The smallest absolute Gasteiger partial charge is 0.408 e. The van der Waals surface area contributed by atoms with Crippen LogP contribution in [0.5, 0.6) is 0 Å². The minimum Gasteiger partial charge on any atom is -0.481 e. The summed E-state index contributed by atoms with van der Waals surface area (Å²) in [6, 6.07) is 13.1. The number of hydrogen-bond acceptors (Lipinski definition) is 4. The number of halogens is 3. The van der Waals surface area contributed by atoms with Gasteiger partial charge in [0.1, 0.15) is 19.2 Å². The normalized spacial score (nSPS) is 13.6. The monoisotopic (exact) mass is 450 g/mol. The van der Waals surface area contributed by atoms with E-state index in [1.54, 1.807) is 5.32 Å². The highest BCUT2D eigenvalue weighted by Gasteiger charge is 2.40. The number of nitrogens with one attached hydrogen (secondary N) is 2. The standard InChI is InChI=1S/C22H21F3N2O5/c23-22(24,25)18(9-10-20(29)30)27-19(28)11-26-21(31)32-12-17-15-7-3-1-5-13(15)14-6-2-4-8-16(14)17/h1-8,17-18H,9-12H2,(H,26,31)(H,27,28)(H,29,30)/t18-/m0/s1. The number of rotatable bonds is 8. The Morgan fingerprint density at radius 1 is 1.00 bits per heavy atom. The van der Waals surface area contributed by atoms with E-state index in [1.807, 2.05) is 48.5 Å². The largest absolute Gasteiger partial charge is 0.481 e. The Bertz CT molecular complexity index is 964. The number of hydrogen-bond donors (Lipinski definition) is 3. The minimum absolute atomic E-state index is 0.00866. The first-order chi connectivity index (χ1) is 15.2. The van der Waals surface area contributed by atoms with Gasteiger partial charge in [0.2, 0.25) is 5.91 Å². The van der Waals surface area contributed by atoms with Crippen LogP contribution in [0.15, 0.2) is 48.5 Å². The number of alkyl carbamates (subject to hydrolysis) is 1. The van der Waals surface area contributed by atoms with E-state index in [4.69, 9.17) is 9.84 Å². The van der Waals surface area contributed by atoms with Crippen molar-refractivity contribution in [3.05, 3.63) is 59.7 Å². The zero-order chi connectivity index (χ0) is 23.3. The Hall–Kier alpha value is -3.56. The molecule has 0 unspecified atom stereocenters. The predicted molar refractivity (Wildman–Crippen MR) is 108 cm³/mol. The van der Waals surface area contributed by atoms with Gasteiger partial charge in [0.15, 0.2) is 0 Å². The molecule has 32 heavy (non-hydrogen) atoms. The average Bonchev–Trinajstić information content (AvgIpc) is 3.06. The first kappa shape index (κ1) is 23.1. The summed E-state index contributed by atoms with van der Waals surface area (Å²) >= 11 is 0. The maximum Gasteiger partial charge on any atom is 0.408 e. The molecule has 0 radical (unpaired) electrons. The van der Waals surface area contributed by atoms with Crippen molar-refractivity contribution in [2.75, 3.05) is 13.2 Å². The van der Waals surface area contributed by atoms with Crippen LogP contribution in [-0.4, -0.2) is 48.4 Å². The summed E-state index contributed by atoms with van der Waals surface area (Å²) in [6.07, 6.45) is -7.33. The molecule has 2 amide bonds. The quantitative estimate of drug-likeness (QED) is 0.572. The van der Waals surface area contributed by atoms with Gasteiger partial charge < -0.3 is 20.5 Å². The van der Waals surface area contributed by atoms with Crippen LogP contribution >= 0.6 is 0 Å². The third-order valence-corrected chi connectivity index (χ3v) is 5.11. The number of amides is 2. The molecule has 3 N–H and O–H groups in total. The molecule has 1 aliphatic rings. The third kappa shape index (κ3) is 5.57. The lowest BCUT2D eigenvalue weighted by Crippen LogP contribution is -2.49. The molecule has 0 aromatic heterocycles. The second-order valence-corrected chi connectivity index (χ2v) is 7.27. The number of ether oxygens (including phenoxy) is 1. The van der Waals surface area contributed by atoms with Gasteiger partial charge in [-0.05, 0) is 28.7 Å². The van der Waals surface area contributed by atoms with Crippen molar-refractivity contribution in [2.45, 2.75) is 31.0 Å². The molecule has 1 atom stereocenters. The molecule has 0 bridgehead atoms. The number of carboxylic acids is 1. The van der Waals surface area contributed by atoms with E-state index in [0.29, 0.717) is 0 Å². The summed E-state index contributed by atoms with van der Waals surface area (Å²) < 4.78 is 44.0. The van der Waals surface area contributed by atoms with Crippen LogP contribution in [0, 0.1) is 0 Å². The van der Waals surface area contributed by atoms with Crippen LogP contribution in [0.4, 0.5) is 18.0 Å². The second kappa shape index (κ2) is 9.71. The topological polar surface area (TPSA) is 105 Å². The van der Waals surface area contributed by atoms with E-state index in [-0.39, 0.29) is 12.5 Å². The number of alkyl halides is 3. The molecule has 1 aliphatic carbocycles. The van der Waals surface area contributed by atoms with Gasteiger partial charge in [0, 0.05) is 12.3 Å². The third-order valence-electron chi connectivity index (χ3n) is 5.11. The van der Waals surface area contributed by atoms with Gasteiger partial charge in [-0.3, -0.25) is 9.59 Å². The van der Waals surface area contributed by atoms with E-state index in [0.717, 1.165) is 22.3 Å². The first-order valence-corrected chi connectivity index (χ1v) is 9.83. The molecule has 10 heteroatoms. The highest BCUT2D eigenvalue weighted by atomic mass is 19.4. The molecule has 0 saturated heterocycles. The number of fused-ring (bicyclic) bond motifs is 3. The number of carbonyl (C=O) groups excluding carboxylic acids is 2. The van der Waals surface area contributed by atoms with Crippen molar-refractivity contribution < 1.29 is 37.4 Å². The Balaban J connectivity index is 1.52. The maximum absolute atomic E-state index is 12.9. The van der Waals surface area contributed by atoms with Crippen molar-refractivity contribution in [3.63, 3.8) is 0 Å². The number of carbonyl (C=O) groups is 3. The molecular formula is C22H21F3N2O5. The van der Waals surface area contributed by atoms with Gasteiger partial charge in [-0.1, -0.05) is 48.5 Å². The number of carboxylic acid groups (broad SMARTS) is 1. The molecule has 7 nitrogen and oxygen atoms in total. The zero-order valence-corrected chi connectivity index (χ0v) is 16.8. The van der Waals surface area contributed by atoms with Crippen molar-refractivity contribution in [1.82, 2.24) is 10.6 Å². The van der Waals surface area contributed by atoms with Crippen molar-refractivity contribution in [1.29, 1.82) is 0 Å². The molecule has 0 spiro atoms. The summed E-state index contributed by atoms with van der Waals surface area (Å²) in [5.74, 6) is -2.72. The Morgan fingerprint density at radius 2 is 1.56 bits per heavy atom. The lowest BCUT2D eigenvalue weighted by atomic mass is 9.98. The lowest BCUT2D eigenvalue weighted by molar-refractivity contribution is -0.164. The molecule has 0 saturated carbocycles. The average molecular weight is 450 g/mol. The Kier molecular flexibility index (Phi) is 7.01. The number of aliphatic carboxylic acids is 1. The molecule has 0 fully saturated rings. The van der Waals surface area contributed by atoms with Gasteiger partial charge >= 0.3 is 18.2 Å². The minimum atomic E-state index is -4.81. The van der Waals surface area contributed by atoms with Gasteiger partial charge in [0.05, 0.1) is 0 Å². The fourth-order valence-corrected chi connectivity index (χ4v) is 3.63. The maximum atomic E-state index is 12.9. The zero-order valence-electron chi connectivity index (χ0n) is 16.8. The van der Waals surface area contributed by atoms with Gasteiger partial charge in [-0.2, -0.15) is 13.2 Å². The van der Waals surface area contributed by atoms with Crippen LogP contribution in [0.1, 0.15) is 29.9 Å². The Morgan fingerprint density at radius 3 is 2.09 bits per heavy atom. The Labute approximate surface area is 181 Å². The van der Waals surface area contributed by atoms with Crippen molar-refractivity contribution >= 4 is 18.0 Å². The summed E-state index contributed by atoms with van der Waals surface area (Å²) in [7, 11) is 0. The molecule has 3 rings (SSSR count). The fraction of sp³-hybridized carbons (Fsp3) is 0.318. The van der Waals surface area contributed by atoms with Crippen LogP contribution in [0.2, 0.25) is 0 Å². The van der Waals surface area contributed by atoms with Gasteiger partial charge in [-0.25, -0.2) is 4.79 Å². The van der Waals surface area contributed by atoms with E-state index in [9.17, 15) is 27.6 Å². The first-order valence-electron chi connectivity index (χ1n) is 9.83. The van der Waals surface area contributed by atoms with Crippen LogP contribution in [0.25, 0.3) is 11.1 Å². The van der Waals surface area contributed by atoms with Crippen molar-refractivity contribution in [3.8, 4) is 11.1 Å². The summed E-state index contributed by atoms with van der Waals surface area (Å²) in [4.78, 5) is 34.3. The highest BCUT2D eigenvalue weighted by molar-refractivity contribution is 5.83. The van der Waals surface area contributed by atoms with E-state index >= 15 is 0 Å². The van der Waals surface area contributed by atoms with E-state index < -0.39 is 49.6 Å². The highest BCUT2D eigenvalue weighted by Crippen LogP contribution is 2.44. The van der Waals surface area contributed by atoms with Gasteiger partial charge in [-0.15, -0.1) is 0 Å². The predicted octanol–water partition coefficient (Wildman–Crippen LogP) is 3.44. The molecule has 0 heterocycles. The molecule has 0 aliphatic heterocycles. The van der Waals surface area contributed by atoms with Crippen LogP contribution in [-0.2, 0) is 14.3 Å². The molecule has 2 aromatic carbocycles. The summed E-state index contributed by atoms with van der Waals surface area (Å²) in [6.45, 7) is -0.748. The van der Waals surface area contributed by atoms with Gasteiger partial charge in [0.25, 0.3) is 0 Å². The lowest BCUT2D eigenvalue weighted by Gasteiger charge is -2.21. The second-order valence-electron chi connectivity index (χ2n) is 7.27. The van der Waals surface area contributed by atoms with Crippen molar-refractivity contribution in [2.24, 2.45) is 0 Å². The fourth-order valence-electron chi connectivity index (χ4n) is 3.63. The van der Waals surface area contributed by atoms with E-state index in [1.165, 1.54) is 0 Å². The molecule has 2 aromatic rings. The van der Waals surface area contributed by atoms with Crippen LogP contribution < -0.4 is 10.6 Å². The number of benzene rings is 2.